The molecule has 1 aromatic rings. The van der Waals surface area contributed by atoms with Gasteiger partial charge in [0.05, 0.1) is 17.0 Å². The van der Waals surface area contributed by atoms with Gasteiger partial charge in [0.1, 0.15) is 0 Å². The van der Waals surface area contributed by atoms with Crippen molar-refractivity contribution in [3.8, 4) is 0 Å². The number of hydrogen-bond donors (Lipinski definition) is 0. The first kappa shape index (κ1) is 20.2. The molecule has 1 aromatic carbocycles. The average molecular weight is 382 g/mol. The Hall–Kier alpha value is -2.09. The monoisotopic (exact) mass is 382 g/mol. The third kappa shape index (κ3) is 4.55. The van der Waals surface area contributed by atoms with E-state index in [1.54, 1.807) is 17.0 Å². The lowest BCUT2D eigenvalue weighted by Gasteiger charge is -2.30. The lowest BCUT2D eigenvalue weighted by molar-refractivity contribution is -0.138. The standard InChI is InChI=1S/C18H26N2O5S/c1-13(2)20(14(3)4)17(21)12-25-18(22)15-6-8-16(9-7-15)19-10-5-11-26(19,23)24/h6-9,13-14H,5,10-12H2,1-4H3. The van der Waals surface area contributed by atoms with E-state index in [-0.39, 0.29) is 35.9 Å². The third-order valence-electron chi connectivity index (χ3n) is 4.22. The van der Waals surface area contributed by atoms with Gasteiger partial charge in [-0.2, -0.15) is 0 Å². The maximum absolute atomic E-state index is 12.2. The smallest absolute Gasteiger partial charge is 0.338 e. The van der Waals surface area contributed by atoms with Crippen LogP contribution in [0.4, 0.5) is 5.69 Å². The molecule has 0 bridgehead atoms. The summed E-state index contributed by atoms with van der Waals surface area (Å²) >= 11 is 0. The highest BCUT2D eigenvalue weighted by atomic mass is 32.2. The van der Waals surface area contributed by atoms with Crippen LogP contribution in [0.25, 0.3) is 0 Å². The minimum Gasteiger partial charge on any atom is -0.452 e. The second kappa shape index (κ2) is 8.07. The summed E-state index contributed by atoms with van der Waals surface area (Å²) < 4.78 is 30.3. The zero-order valence-electron chi connectivity index (χ0n) is 15.6. The van der Waals surface area contributed by atoms with E-state index in [2.05, 4.69) is 0 Å². The number of sulfonamides is 1. The summed E-state index contributed by atoms with van der Waals surface area (Å²) in [6, 6.07) is 6.22. The number of ether oxygens (including phenoxy) is 1. The average Bonchev–Trinajstić information content (AvgIpc) is 2.91. The van der Waals surface area contributed by atoms with Crippen LogP contribution < -0.4 is 4.31 Å². The highest BCUT2D eigenvalue weighted by Crippen LogP contribution is 2.24. The molecule has 144 valence electrons. The summed E-state index contributed by atoms with van der Waals surface area (Å²) in [5.74, 6) is -0.717. The number of rotatable bonds is 6. The normalized spacial score (nSPS) is 16.2. The Morgan fingerprint density at radius 1 is 1.12 bits per heavy atom. The Balaban J connectivity index is 1.99. The molecule has 0 aliphatic carbocycles. The van der Waals surface area contributed by atoms with E-state index in [1.807, 2.05) is 27.7 Å². The lowest BCUT2D eigenvalue weighted by Crippen LogP contribution is -2.44. The van der Waals surface area contributed by atoms with Crippen LogP contribution in [0, 0.1) is 0 Å². The van der Waals surface area contributed by atoms with Gasteiger partial charge in [-0.3, -0.25) is 9.10 Å². The van der Waals surface area contributed by atoms with Crippen LogP contribution in [0.5, 0.6) is 0 Å². The summed E-state index contributed by atoms with van der Waals surface area (Å²) in [5.41, 5.74) is 0.805. The molecule has 8 heteroatoms. The Bertz CT molecular complexity index is 748. The number of esters is 1. The van der Waals surface area contributed by atoms with Crippen molar-refractivity contribution >= 4 is 27.6 Å². The van der Waals surface area contributed by atoms with E-state index in [0.717, 1.165) is 0 Å². The van der Waals surface area contributed by atoms with E-state index in [1.165, 1.54) is 16.4 Å². The molecule has 0 aromatic heterocycles. The van der Waals surface area contributed by atoms with Gasteiger partial charge in [0.2, 0.25) is 10.0 Å². The molecule has 1 aliphatic rings. The summed E-state index contributed by atoms with van der Waals surface area (Å²) in [6.45, 7) is 7.75. The fraction of sp³-hybridized carbons (Fsp3) is 0.556. The Morgan fingerprint density at radius 2 is 1.69 bits per heavy atom. The van der Waals surface area contributed by atoms with Gasteiger partial charge in [-0.1, -0.05) is 0 Å². The maximum atomic E-state index is 12.2. The molecule has 1 saturated heterocycles. The first-order chi connectivity index (χ1) is 12.1. The predicted molar refractivity (Wildman–Crippen MR) is 99.6 cm³/mol. The van der Waals surface area contributed by atoms with E-state index in [9.17, 15) is 18.0 Å². The van der Waals surface area contributed by atoms with Gasteiger partial charge in [0, 0.05) is 18.6 Å². The first-order valence-corrected chi connectivity index (χ1v) is 10.3. The number of hydrogen-bond acceptors (Lipinski definition) is 5. The van der Waals surface area contributed by atoms with Crippen LogP contribution in [0.1, 0.15) is 44.5 Å². The molecule has 0 unspecified atom stereocenters. The molecular weight excluding hydrogens is 356 g/mol. The second-order valence-electron chi connectivity index (χ2n) is 6.85. The molecule has 7 nitrogen and oxygen atoms in total. The Kier molecular flexibility index (Phi) is 6.28. The van der Waals surface area contributed by atoms with E-state index in [4.69, 9.17) is 4.74 Å². The van der Waals surface area contributed by atoms with Crippen LogP contribution in [-0.4, -0.2) is 56.2 Å². The van der Waals surface area contributed by atoms with Gasteiger partial charge in [-0.05, 0) is 58.4 Å². The Morgan fingerprint density at radius 3 is 2.15 bits per heavy atom. The molecule has 0 radical (unpaired) electrons. The summed E-state index contributed by atoms with van der Waals surface area (Å²) in [6.07, 6.45) is 0.594. The number of benzene rings is 1. The van der Waals surface area contributed by atoms with Crippen LogP contribution in [0.2, 0.25) is 0 Å². The lowest BCUT2D eigenvalue weighted by atomic mass is 10.2. The van der Waals surface area contributed by atoms with Crippen LogP contribution in [0.15, 0.2) is 24.3 Å². The largest absolute Gasteiger partial charge is 0.452 e. The SMILES string of the molecule is CC(C)N(C(=O)COC(=O)c1ccc(N2CCCS2(=O)=O)cc1)C(C)C. The van der Waals surface area contributed by atoms with Crippen molar-refractivity contribution in [2.24, 2.45) is 0 Å². The van der Waals surface area contributed by atoms with Crippen molar-refractivity contribution in [2.75, 3.05) is 23.2 Å². The number of anilines is 1. The fourth-order valence-corrected chi connectivity index (χ4v) is 4.72. The minimum absolute atomic E-state index is 0.0166. The van der Waals surface area contributed by atoms with Crippen LogP contribution >= 0.6 is 0 Å². The first-order valence-electron chi connectivity index (χ1n) is 8.72. The maximum Gasteiger partial charge on any atom is 0.338 e. The molecule has 0 spiro atoms. The summed E-state index contributed by atoms with van der Waals surface area (Å²) in [5, 5.41) is 0. The van der Waals surface area contributed by atoms with Gasteiger partial charge in [-0.15, -0.1) is 0 Å². The van der Waals surface area contributed by atoms with Crippen molar-refractivity contribution in [2.45, 2.75) is 46.2 Å². The molecule has 0 atom stereocenters. The molecule has 2 rings (SSSR count). The van der Waals surface area contributed by atoms with Crippen molar-refractivity contribution in [1.82, 2.24) is 4.90 Å². The van der Waals surface area contributed by atoms with Crippen LogP contribution in [0.3, 0.4) is 0 Å². The fourth-order valence-electron chi connectivity index (χ4n) is 3.15. The van der Waals surface area contributed by atoms with Crippen molar-refractivity contribution in [1.29, 1.82) is 0 Å². The summed E-state index contributed by atoms with van der Waals surface area (Å²) in [4.78, 5) is 26.0. The number of amides is 1. The van der Waals surface area contributed by atoms with E-state index < -0.39 is 16.0 Å². The second-order valence-corrected chi connectivity index (χ2v) is 8.87. The molecule has 0 N–H and O–H groups in total. The van der Waals surface area contributed by atoms with Gasteiger partial charge in [0.25, 0.3) is 5.91 Å². The predicted octanol–water partition coefficient (Wildman–Crippen LogP) is 2.03. The van der Waals surface area contributed by atoms with Gasteiger partial charge >= 0.3 is 5.97 Å². The number of carbonyl (C=O) groups excluding carboxylic acids is 2. The van der Waals surface area contributed by atoms with Crippen molar-refractivity contribution in [3.63, 3.8) is 0 Å². The Labute approximate surface area is 155 Å². The molecule has 1 amide bonds. The molecule has 0 saturated carbocycles. The minimum atomic E-state index is -3.25. The number of carbonyl (C=O) groups is 2. The topological polar surface area (TPSA) is 84.0 Å². The highest BCUT2D eigenvalue weighted by Gasteiger charge is 2.28. The summed E-state index contributed by atoms with van der Waals surface area (Å²) in [7, 11) is -3.25. The molecule has 26 heavy (non-hydrogen) atoms. The third-order valence-corrected chi connectivity index (χ3v) is 6.09. The zero-order valence-corrected chi connectivity index (χ0v) is 16.5. The molecule has 1 aliphatic heterocycles. The van der Waals surface area contributed by atoms with Gasteiger partial charge in [0.15, 0.2) is 6.61 Å². The van der Waals surface area contributed by atoms with E-state index >= 15 is 0 Å². The zero-order chi connectivity index (χ0) is 19.5. The van der Waals surface area contributed by atoms with E-state index in [0.29, 0.717) is 18.7 Å². The van der Waals surface area contributed by atoms with Crippen molar-refractivity contribution < 1.29 is 22.7 Å². The molecule has 1 fully saturated rings. The van der Waals surface area contributed by atoms with Crippen LogP contribution in [-0.2, 0) is 19.6 Å². The van der Waals surface area contributed by atoms with Gasteiger partial charge < -0.3 is 9.64 Å². The quantitative estimate of drug-likeness (QED) is 0.703. The number of nitrogens with zero attached hydrogens (tertiary/aromatic N) is 2. The molecular formula is C18H26N2O5S. The highest BCUT2D eigenvalue weighted by molar-refractivity contribution is 7.93. The van der Waals surface area contributed by atoms with Crippen molar-refractivity contribution in [3.05, 3.63) is 29.8 Å². The molecule has 1 heterocycles. The van der Waals surface area contributed by atoms with Gasteiger partial charge in [-0.25, -0.2) is 13.2 Å².